The van der Waals surface area contributed by atoms with Gasteiger partial charge in [-0.05, 0) is 49.2 Å². The summed E-state index contributed by atoms with van der Waals surface area (Å²) in [5.74, 6) is 0.0213. The van der Waals surface area contributed by atoms with Gasteiger partial charge in [-0.2, -0.15) is 0 Å². The Balaban J connectivity index is 1.86. The molecule has 3 aromatic rings. The molecule has 0 atom stereocenters. The lowest BCUT2D eigenvalue weighted by molar-refractivity contribution is 0.0998. The van der Waals surface area contributed by atoms with Crippen molar-refractivity contribution in [2.75, 3.05) is 22.9 Å². The van der Waals surface area contributed by atoms with Gasteiger partial charge in [-0.3, -0.25) is 9.69 Å². The lowest BCUT2D eigenvalue weighted by Gasteiger charge is -2.36. The van der Waals surface area contributed by atoms with E-state index in [9.17, 15) is 4.79 Å². The first-order chi connectivity index (χ1) is 15.2. The highest BCUT2D eigenvalue weighted by molar-refractivity contribution is 7.99. The standard InChI is InChI=1S/C27H30N2OS/c1-3-5-19-28(20-6-4-2)23-16-12-18-25-26(23)29(22-15-10-11-17-24(22)31-25)27(30)21-13-8-7-9-14-21/h7-18H,3-6,19-20H2,1-2H3. The van der Waals surface area contributed by atoms with E-state index in [0.717, 1.165) is 65.6 Å². The molecular weight excluding hydrogens is 400 g/mol. The molecule has 3 nitrogen and oxygen atoms in total. The Morgan fingerprint density at radius 3 is 2.16 bits per heavy atom. The molecule has 0 unspecified atom stereocenters. The Labute approximate surface area is 190 Å². The van der Waals surface area contributed by atoms with Crippen LogP contribution >= 0.6 is 11.8 Å². The fourth-order valence-electron chi connectivity index (χ4n) is 4.01. The smallest absolute Gasteiger partial charge is 0.262 e. The molecule has 1 amide bonds. The lowest BCUT2D eigenvalue weighted by atomic mass is 10.1. The number of nitrogens with zero attached hydrogens (tertiary/aromatic N) is 2. The van der Waals surface area contributed by atoms with E-state index < -0.39 is 0 Å². The predicted octanol–water partition coefficient (Wildman–Crippen LogP) is 7.54. The van der Waals surface area contributed by atoms with Crippen LogP contribution in [0.3, 0.4) is 0 Å². The normalized spacial score (nSPS) is 12.3. The van der Waals surface area contributed by atoms with Gasteiger partial charge in [0.2, 0.25) is 0 Å². The molecule has 0 aromatic heterocycles. The van der Waals surface area contributed by atoms with Crippen LogP contribution in [-0.2, 0) is 0 Å². The highest BCUT2D eigenvalue weighted by Gasteiger charge is 2.32. The Morgan fingerprint density at radius 1 is 0.806 bits per heavy atom. The van der Waals surface area contributed by atoms with Crippen molar-refractivity contribution in [3.05, 3.63) is 78.4 Å². The zero-order valence-corrected chi connectivity index (χ0v) is 19.2. The first-order valence-electron chi connectivity index (χ1n) is 11.3. The van der Waals surface area contributed by atoms with E-state index in [-0.39, 0.29) is 5.91 Å². The fourth-order valence-corrected chi connectivity index (χ4v) is 5.10. The van der Waals surface area contributed by atoms with Crippen LogP contribution in [0.5, 0.6) is 0 Å². The largest absolute Gasteiger partial charge is 0.370 e. The Bertz CT molecular complexity index is 1030. The molecule has 0 bridgehead atoms. The molecule has 0 spiro atoms. The average molecular weight is 431 g/mol. The summed E-state index contributed by atoms with van der Waals surface area (Å²) < 4.78 is 0. The Hall–Kier alpha value is -2.72. The molecule has 1 aliphatic heterocycles. The van der Waals surface area contributed by atoms with Crippen molar-refractivity contribution in [3.8, 4) is 0 Å². The number of hydrogen-bond donors (Lipinski definition) is 0. The summed E-state index contributed by atoms with van der Waals surface area (Å²) in [4.78, 5) is 20.5. The van der Waals surface area contributed by atoms with Crippen LogP contribution in [0.4, 0.5) is 17.1 Å². The van der Waals surface area contributed by atoms with Gasteiger partial charge < -0.3 is 4.90 Å². The van der Waals surface area contributed by atoms with Crippen LogP contribution in [0.1, 0.15) is 49.9 Å². The second-order valence-corrected chi connectivity index (χ2v) is 8.98. The van der Waals surface area contributed by atoms with E-state index in [0.29, 0.717) is 5.56 Å². The van der Waals surface area contributed by atoms with Crippen LogP contribution in [0, 0.1) is 0 Å². The molecule has 0 aliphatic carbocycles. The number of benzene rings is 3. The minimum absolute atomic E-state index is 0.0213. The van der Waals surface area contributed by atoms with Crippen molar-refractivity contribution >= 4 is 34.7 Å². The van der Waals surface area contributed by atoms with Gasteiger partial charge in [-0.25, -0.2) is 0 Å². The third-order valence-corrected chi connectivity index (χ3v) is 6.77. The maximum atomic E-state index is 13.8. The van der Waals surface area contributed by atoms with Gasteiger partial charge in [-0.1, -0.05) is 74.8 Å². The third-order valence-electron chi connectivity index (χ3n) is 5.66. The molecule has 4 rings (SSSR count). The van der Waals surface area contributed by atoms with E-state index in [4.69, 9.17) is 0 Å². The molecule has 31 heavy (non-hydrogen) atoms. The van der Waals surface area contributed by atoms with Gasteiger partial charge in [-0.15, -0.1) is 0 Å². The Kier molecular flexibility index (Phi) is 6.98. The number of anilines is 3. The summed E-state index contributed by atoms with van der Waals surface area (Å²) in [6, 6.07) is 24.3. The number of unbranched alkanes of at least 4 members (excludes halogenated alkanes) is 2. The van der Waals surface area contributed by atoms with Crippen molar-refractivity contribution in [2.24, 2.45) is 0 Å². The maximum absolute atomic E-state index is 13.8. The van der Waals surface area contributed by atoms with Gasteiger partial charge in [0, 0.05) is 28.4 Å². The van der Waals surface area contributed by atoms with E-state index in [2.05, 4.69) is 49.1 Å². The average Bonchev–Trinajstić information content (AvgIpc) is 2.82. The number of carbonyl (C=O) groups excluding carboxylic acids is 1. The summed E-state index contributed by atoms with van der Waals surface area (Å²) in [7, 11) is 0. The molecule has 160 valence electrons. The Morgan fingerprint density at radius 2 is 1.45 bits per heavy atom. The van der Waals surface area contributed by atoms with Crippen LogP contribution in [0.2, 0.25) is 0 Å². The van der Waals surface area contributed by atoms with Gasteiger partial charge in [0.15, 0.2) is 0 Å². The minimum Gasteiger partial charge on any atom is -0.370 e. The van der Waals surface area contributed by atoms with Gasteiger partial charge in [0.05, 0.1) is 17.1 Å². The molecular formula is C27H30N2OS. The summed E-state index contributed by atoms with van der Waals surface area (Å²) in [6.07, 6.45) is 4.59. The molecule has 0 saturated carbocycles. The number of hydrogen-bond acceptors (Lipinski definition) is 3. The molecule has 0 fully saturated rings. The highest BCUT2D eigenvalue weighted by atomic mass is 32.2. The topological polar surface area (TPSA) is 23.6 Å². The molecule has 1 aliphatic rings. The lowest BCUT2D eigenvalue weighted by Crippen LogP contribution is -2.33. The van der Waals surface area contributed by atoms with Crippen LogP contribution in [-0.4, -0.2) is 19.0 Å². The first kappa shape index (κ1) is 21.5. The minimum atomic E-state index is 0.0213. The zero-order chi connectivity index (χ0) is 21.6. The third kappa shape index (κ3) is 4.49. The van der Waals surface area contributed by atoms with Crippen molar-refractivity contribution in [2.45, 2.75) is 49.3 Å². The summed E-state index contributed by atoms with van der Waals surface area (Å²) in [5.41, 5.74) is 3.85. The molecule has 0 N–H and O–H groups in total. The number of fused-ring (bicyclic) bond motifs is 2. The number of amides is 1. The number of rotatable bonds is 8. The van der Waals surface area contributed by atoms with Gasteiger partial charge in [0.25, 0.3) is 5.91 Å². The molecule has 4 heteroatoms. The molecule has 1 heterocycles. The second kappa shape index (κ2) is 10.1. The molecule has 3 aromatic carbocycles. The summed E-state index contributed by atoms with van der Waals surface area (Å²) in [5, 5.41) is 0. The van der Waals surface area contributed by atoms with Crippen LogP contribution in [0.15, 0.2) is 82.6 Å². The van der Waals surface area contributed by atoms with Crippen molar-refractivity contribution in [1.29, 1.82) is 0 Å². The van der Waals surface area contributed by atoms with Crippen LogP contribution < -0.4 is 9.80 Å². The molecule has 0 radical (unpaired) electrons. The van der Waals surface area contributed by atoms with Gasteiger partial charge in [0.1, 0.15) is 0 Å². The zero-order valence-electron chi connectivity index (χ0n) is 18.4. The quantitative estimate of drug-likeness (QED) is 0.369. The van der Waals surface area contributed by atoms with Crippen molar-refractivity contribution < 1.29 is 4.79 Å². The van der Waals surface area contributed by atoms with E-state index in [1.165, 1.54) is 0 Å². The molecule has 0 saturated heterocycles. The maximum Gasteiger partial charge on any atom is 0.262 e. The van der Waals surface area contributed by atoms with E-state index in [1.54, 1.807) is 11.8 Å². The summed E-state index contributed by atoms with van der Waals surface area (Å²) in [6.45, 7) is 6.48. The predicted molar refractivity (Wildman–Crippen MR) is 132 cm³/mol. The van der Waals surface area contributed by atoms with Crippen molar-refractivity contribution in [3.63, 3.8) is 0 Å². The summed E-state index contributed by atoms with van der Waals surface area (Å²) >= 11 is 1.76. The van der Waals surface area contributed by atoms with E-state index >= 15 is 0 Å². The fraction of sp³-hybridized carbons (Fsp3) is 0.296. The van der Waals surface area contributed by atoms with E-state index in [1.807, 2.05) is 47.4 Å². The highest BCUT2D eigenvalue weighted by Crippen LogP contribution is 2.52. The number of para-hydroxylation sites is 2. The monoisotopic (exact) mass is 430 g/mol. The van der Waals surface area contributed by atoms with Crippen LogP contribution in [0.25, 0.3) is 0 Å². The first-order valence-corrected chi connectivity index (χ1v) is 12.1. The SMILES string of the molecule is CCCCN(CCCC)c1cccc2c1N(C(=O)c1ccccc1)c1ccccc1S2. The van der Waals surface area contributed by atoms with Crippen molar-refractivity contribution in [1.82, 2.24) is 0 Å². The number of carbonyl (C=O) groups is 1. The second-order valence-electron chi connectivity index (χ2n) is 7.89. The van der Waals surface area contributed by atoms with Gasteiger partial charge >= 0.3 is 0 Å².